The van der Waals surface area contributed by atoms with Crippen LogP contribution in [0.1, 0.15) is 0 Å². The Morgan fingerprint density at radius 2 is 2.08 bits per heavy atom. The maximum atomic E-state index is 12.4. The Hall–Kier alpha value is -1.55. The lowest BCUT2D eigenvalue weighted by Gasteiger charge is -2.13. The second kappa shape index (κ2) is 4.47. The van der Waals surface area contributed by atoms with Crippen molar-refractivity contribution >= 4 is 0 Å². The van der Waals surface area contributed by atoms with Crippen LogP contribution in [-0.4, -0.2) is 6.61 Å². The maximum absolute atomic E-state index is 12.4. The molecule has 0 aliphatic carbocycles. The lowest BCUT2D eigenvalue weighted by atomic mass is 10.3. The lowest BCUT2D eigenvalue weighted by Crippen LogP contribution is -2.10. The number of nitrogens with one attached hydrogen (secondary N) is 1. The smallest absolute Gasteiger partial charge is 0.126 e. The van der Waals surface area contributed by atoms with Crippen LogP contribution in [0.5, 0.6) is 5.75 Å². The van der Waals surface area contributed by atoms with Crippen molar-refractivity contribution in [3.63, 3.8) is 0 Å². The van der Waals surface area contributed by atoms with Crippen molar-refractivity contribution in [2.45, 2.75) is 0 Å². The number of benzene rings is 1. The van der Waals surface area contributed by atoms with Crippen LogP contribution in [0.3, 0.4) is 0 Å². The number of rotatable bonds is 4. The Kier molecular flexibility index (Phi) is 3.28. The molecule has 1 rings (SSSR count). The Bertz CT molecular complexity index is 284. The maximum Gasteiger partial charge on any atom is 0.126 e. The molecular formula is C9H9FNO2-. The minimum absolute atomic E-state index is 0.0785. The van der Waals surface area contributed by atoms with Crippen LogP contribution in [-0.2, 0) is 0 Å². The molecule has 0 aliphatic heterocycles. The molecule has 0 heterocycles. The SMILES string of the molecule is C=C(COc1ccc(F)cc1)N[O-]. The van der Waals surface area contributed by atoms with E-state index in [1.165, 1.54) is 24.3 Å². The summed E-state index contributed by atoms with van der Waals surface area (Å²) in [6.07, 6.45) is 0. The Labute approximate surface area is 75.4 Å². The molecule has 0 fully saturated rings. The fourth-order valence-electron chi connectivity index (χ4n) is 0.731. The number of halogens is 1. The van der Waals surface area contributed by atoms with Gasteiger partial charge in [-0.15, -0.1) is 0 Å². The molecule has 0 saturated heterocycles. The van der Waals surface area contributed by atoms with Crippen LogP contribution in [0.4, 0.5) is 4.39 Å². The molecule has 3 nitrogen and oxygen atoms in total. The highest BCUT2D eigenvalue weighted by Gasteiger charge is 1.94. The van der Waals surface area contributed by atoms with Crippen molar-refractivity contribution in [1.29, 1.82) is 0 Å². The van der Waals surface area contributed by atoms with E-state index in [2.05, 4.69) is 6.58 Å². The standard InChI is InChI=1S/C9H9FNO2/c1-7(11-12)6-13-9-4-2-8(10)3-5-9/h2-5,11H,1,6H2/q-1. The molecular weight excluding hydrogens is 173 g/mol. The number of hydrogen-bond donors (Lipinski definition) is 1. The van der Waals surface area contributed by atoms with Gasteiger partial charge in [0.05, 0.1) is 0 Å². The van der Waals surface area contributed by atoms with Crippen molar-refractivity contribution < 1.29 is 9.13 Å². The first-order valence-electron chi connectivity index (χ1n) is 3.66. The topological polar surface area (TPSA) is 44.3 Å². The molecule has 0 aromatic heterocycles. The summed E-state index contributed by atoms with van der Waals surface area (Å²) in [5, 5.41) is 10.0. The molecule has 0 amide bonds. The average Bonchev–Trinajstić information content (AvgIpc) is 2.16. The van der Waals surface area contributed by atoms with E-state index in [0.29, 0.717) is 5.75 Å². The number of hydrogen-bond acceptors (Lipinski definition) is 3. The molecule has 70 valence electrons. The molecule has 1 aromatic carbocycles. The normalized spacial score (nSPS) is 9.38. The van der Waals surface area contributed by atoms with Gasteiger partial charge in [0, 0.05) is 5.70 Å². The summed E-state index contributed by atoms with van der Waals surface area (Å²) >= 11 is 0. The molecule has 0 spiro atoms. The van der Waals surface area contributed by atoms with Gasteiger partial charge in [-0.25, -0.2) is 4.39 Å². The summed E-state index contributed by atoms with van der Waals surface area (Å²) in [5.41, 5.74) is 1.83. The second-order valence-electron chi connectivity index (χ2n) is 2.45. The largest absolute Gasteiger partial charge is 0.761 e. The van der Waals surface area contributed by atoms with E-state index in [-0.39, 0.29) is 18.1 Å². The third-order valence-electron chi connectivity index (χ3n) is 1.37. The van der Waals surface area contributed by atoms with Crippen molar-refractivity contribution in [3.8, 4) is 5.75 Å². The van der Waals surface area contributed by atoms with Gasteiger partial charge in [-0.3, -0.25) is 0 Å². The first-order valence-corrected chi connectivity index (χ1v) is 3.66. The lowest BCUT2D eigenvalue weighted by molar-refractivity contribution is 0.346. The molecule has 0 bridgehead atoms. The zero-order valence-corrected chi connectivity index (χ0v) is 6.92. The summed E-state index contributed by atoms with van der Waals surface area (Å²) in [6, 6.07) is 5.52. The molecule has 13 heavy (non-hydrogen) atoms. The van der Waals surface area contributed by atoms with Crippen LogP contribution in [0.2, 0.25) is 0 Å². The fraction of sp³-hybridized carbons (Fsp3) is 0.111. The molecule has 0 atom stereocenters. The van der Waals surface area contributed by atoms with E-state index in [4.69, 9.17) is 4.74 Å². The highest BCUT2D eigenvalue weighted by atomic mass is 19.1. The summed E-state index contributed by atoms with van der Waals surface area (Å²) < 4.78 is 17.5. The molecule has 0 unspecified atom stereocenters. The first kappa shape index (κ1) is 9.54. The van der Waals surface area contributed by atoms with Gasteiger partial charge < -0.3 is 15.4 Å². The number of hydroxylamine groups is 1. The van der Waals surface area contributed by atoms with E-state index >= 15 is 0 Å². The van der Waals surface area contributed by atoms with E-state index in [1.807, 2.05) is 0 Å². The Morgan fingerprint density at radius 3 is 2.62 bits per heavy atom. The third kappa shape index (κ3) is 3.13. The van der Waals surface area contributed by atoms with Gasteiger partial charge in [-0.2, -0.15) is 0 Å². The molecule has 0 radical (unpaired) electrons. The van der Waals surface area contributed by atoms with Gasteiger partial charge in [0.2, 0.25) is 0 Å². The zero-order chi connectivity index (χ0) is 9.68. The highest BCUT2D eigenvalue weighted by molar-refractivity contribution is 5.22. The van der Waals surface area contributed by atoms with Gasteiger partial charge in [0.15, 0.2) is 0 Å². The molecule has 0 saturated carbocycles. The van der Waals surface area contributed by atoms with E-state index in [9.17, 15) is 9.60 Å². The van der Waals surface area contributed by atoms with Gasteiger partial charge >= 0.3 is 0 Å². The van der Waals surface area contributed by atoms with E-state index in [1.54, 1.807) is 5.48 Å². The zero-order valence-electron chi connectivity index (χ0n) is 6.92. The summed E-state index contributed by atoms with van der Waals surface area (Å²) in [5.74, 6) is 0.172. The molecule has 1 aromatic rings. The first-order chi connectivity index (χ1) is 6.22. The molecule has 4 heteroatoms. The summed E-state index contributed by atoms with van der Waals surface area (Å²) in [6.45, 7) is 3.46. The molecule has 0 aliphatic rings. The monoisotopic (exact) mass is 182 g/mol. The summed E-state index contributed by atoms with van der Waals surface area (Å²) in [4.78, 5) is 0. The highest BCUT2D eigenvalue weighted by Crippen LogP contribution is 2.11. The third-order valence-corrected chi connectivity index (χ3v) is 1.37. The van der Waals surface area contributed by atoms with Gasteiger partial charge in [0.1, 0.15) is 18.2 Å². The predicted octanol–water partition coefficient (Wildman–Crippen LogP) is 1.81. The van der Waals surface area contributed by atoms with Crippen LogP contribution >= 0.6 is 0 Å². The van der Waals surface area contributed by atoms with E-state index in [0.717, 1.165) is 0 Å². The van der Waals surface area contributed by atoms with Gasteiger partial charge in [-0.1, -0.05) is 6.58 Å². The second-order valence-corrected chi connectivity index (χ2v) is 2.45. The van der Waals surface area contributed by atoms with Crippen LogP contribution < -0.4 is 10.2 Å². The fourth-order valence-corrected chi connectivity index (χ4v) is 0.731. The van der Waals surface area contributed by atoms with Crippen molar-refractivity contribution in [1.82, 2.24) is 5.48 Å². The minimum atomic E-state index is -0.326. The average molecular weight is 182 g/mol. The van der Waals surface area contributed by atoms with Crippen molar-refractivity contribution in [2.75, 3.05) is 6.61 Å². The van der Waals surface area contributed by atoms with Gasteiger partial charge in [0.25, 0.3) is 0 Å². The van der Waals surface area contributed by atoms with Crippen molar-refractivity contribution in [2.24, 2.45) is 0 Å². The summed E-state index contributed by atoms with van der Waals surface area (Å²) in [7, 11) is 0. The van der Waals surface area contributed by atoms with E-state index < -0.39 is 0 Å². The minimum Gasteiger partial charge on any atom is -0.761 e. The van der Waals surface area contributed by atoms with Crippen LogP contribution in [0.15, 0.2) is 36.5 Å². The predicted molar refractivity (Wildman–Crippen MR) is 47.5 cm³/mol. The molecule has 1 N–H and O–H groups in total. The number of ether oxygens (including phenoxy) is 1. The Morgan fingerprint density at radius 1 is 1.46 bits per heavy atom. The van der Waals surface area contributed by atoms with Crippen LogP contribution in [0.25, 0.3) is 0 Å². The quantitative estimate of drug-likeness (QED) is 0.722. The Balaban J connectivity index is 2.46. The van der Waals surface area contributed by atoms with Crippen molar-refractivity contribution in [3.05, 3.63) is 47.6 Å². The van der Waals surface area contributed by atoms with Gasteiger partial charge in [-0.05, 0) is 24.3 Å². The van der Waals surface area contributed by atoms with Crippen LogP contribution in [0, 0.1) is 11.0 Å².